The van der Waals surface area contributed by atoms with E-state index in [9.17, 15) is 4.79 Å². The zero-order valence-corrected chi connectivity index (χ0v) is 35.4. The molecule has 1 unspecified atom stereocenters. The number of amides is 1. The molecule has 3 heteroatoms. The van der Waals surface area contributed by atoms with Gasteiger partial charge in [-0.2, -0.15) is 4.48 Å². The number of rotatable bonds is 41. The number of amidine groups is 1. The third-order valence-corrected chi connectivity index (χ3v) is 11.8. The molecule has 0 spiro atoms. The summed E-state index contributed by atoms with van der Waals surface area (Å²) in [5.41, 5.74) is 0. The van der Waals surface area contributed by atoms with Crippen molar-refractivity contribution in [1.82, 2.24) is 0 Å². The molecular formula is C48H93N2O+. The van der Waals surface area contributed by atoms with E-state index in [1.165, 1.54) is 231 Å². The molecule has 1 rings (SSSR count). The lowest BCUT2D eigenvalue weighted by Crippen LogP contribution is -2.52. The fraction of sp³-hybridized carbons (Fsp3) is 0.917. The predicted octanol–water partition coefficient (Wildman–Crippen LogP) is 16.9. The molecule has 1 aliphatic heterocycles. The molecule has 0 bridgehead atoms. The van der Waals surface area contributed by atoms with Crippen LogP contribution in [0.5, 0.6) is 0 Å². The van der Waals surface area contributed by atoms with Gasteiger partial charge in [0.2, 0.25) is 5.84 Å². The van der Waals surface area contributed by atoms with E-state index in [2.05, 4.69) is 27.0 Å². The van der Waals surface area contributed by atoms with Gasteiger partial charge in [0.25, 0.3) is 0 Å². The van der Waals surface area contributed by atoms with E-state index < -0.39 is 0 Å². The Bertz CT molecular complexity index is 803. The lowest BCUT2D eigenvalue weighted by molar-refractivity contribution is -0.708. The Kier molecular flexibility index (Phi) is 35.2. The normalized spacial score (nSPS) is 15.6. The van der Waals surface area contributed by atoms with Crippen molar-refractivity contribution in [3.63, 3.8) is 0 Å². The monoisotopic (exact) mass is 714 g/mol. The molecule has 0 N–H and O–H groups in total. The number of nitrogens with zero attached hydrogens (tertiary/aromatic N) is 2. The van der Waals surface area contributed by atoms with E-state index in [4.69, 9.17) is 4.99 Å². The van der Waals surface area contributed by atoms with Crippen molar-refractivity contribution >= 4 is 11.7 Å². The van der Waals surface area contributed by atoms with E-state index in [0.717, 1.165) is 38.1 Å². The van der Waals surface area contributed by atoms with Gasteiger partial charge in [0.15, 0.2) is 0 Å². The molecule has 300 valence electrons. The van der Waals surface area contributed by atoms with Crippen molar-refractivity contribution in [2.24, 2.45) is 4.99 Å². The Hall–Kier alpha value is -0.960. The molecule has 0 aromatic carbocycles. The zero-order chi connectivity index (χ0) is 36.8. The van der Waals surface area contributed by atoms with E-state index in [1.807, 2.05) is 6.20 Å². The first-order chi connectivity index (χ1) is 25.2. The van der Waals surface area contributed by atoms with Crippen LogP contribution in [0.2, 0.25) is 0 Å². The van der Waals surface area contributed by atoms with Gasteiger partial charge in [0, 0.05) is 6.42 Å². The van der Waals surface area contributed by atoms with Gasteiger partial charge in [-0.15, -0.1) is 0 Å². The van der Waals surface area contributed by atoms with Gasteiger partial charge in [-0.3, -0.25) is 0 Å². The number of hydrogen-bond donors (Lipinski definition) is 0. The van der Waals surface area contributed by atoms with E-state index in [0.29, 0.717) is 10.4 Å². The molecule has 1 atom stereocenters. The minimum atomic E-state index is 0.419. The van der Waals surface area contributed by atoms with Crippen LogP contribution in [-0.4, -0.2) is 22.8 Å². The fourth-order valence-electron chi connectivity index (χ4n) is 8.24. The Morgan fingerprint density at radius 2 is 0.706 bits per heavy atom. The van der Waals surface area contributed by atoms with Crippen LogP contribution in [0.3, 0.4) is 0 Å². The molecule has 0 aromatic heterocycles. The third kappa shape index (κ3) is 27.3. The summed E-state index contributed by atoms with van der Waals surface area (Å²) in [4.78, 5) is 18.9. The summed E-state index contributed by atoms with van der Waals surface area (Å²) in [5, 5.41) is 0. The molecule has 1 heterocycles. The Balaban J connectivity index is 2.37. The molecule has 3 nitrogen and oxygen atoms in total. The molecule has 1 amide bonds. The highest BCUT2D eigenvalue weighted by Crippen LogP contribution is 2.27. The summed E-state index contributed by atoms with van der Waals surface area (Å²) in [6.07, 6.45) is 57.6. The highest BCUT2D eigenvalue weighted by atomic mass is 16.2. The molecular weight excluding hydrogens is 621 g/mol. The number of hydrogen-bond acceptors (Lipinski definition) is 2. The van der Waals surface area contributed by atoms with Crippen molar-refractivity contribution in [2.75, 3.05) is 6.54 Å². The topological polar surface area (TPSA) is 29.4 Å². The minimum Gasteiger partial charge on any atom is -0.230 e. The van der Waals surface area contributed by atoms with Crippen molar-refractivity contribution < 1.29 is 9.28 Å². The highest BCUT2D eigenvalue weighted by molar-refractivity contribution is 5.90. The van der Waals surface area contributed by atoms with Crippen LogP contribution in [0.15, 0.2) is 17.4 Å². The number of aliphatic imine (C=N–C) groups is 1. The van der Waals surface area contributed by atoms with Crippen LogP contribution < -0.4 is 0 Å². The highest BCUT2D eigenvalue weighted by Gasteiger charge is 2.41. The SMILES string of the molecule is CCCCCCCCCCCCCCCC[N+]1(C(=O)CCCCCCCCCCCCC)C=CN=C1CCCCCCCCCCCCCCC. The molecule has 0 aliphatic carbocycles. The van der Waals surface area contributed by atoms with Crippen molar-refractivity contribution in [3.05, 3.63) is 12.4 Å². The molecule has 0 fully saturated rings. The predicted molar refractivity (Wildman–Crippen MR) is 228 cm³/mol. The average Bonchev–Trinajstić information content (AvgIpc) is 3.56. The van der Waals surface area contributed by atoms with E-state index in [-0.39, 0.29) is 0 Å². The standard InChI is InChI=1S/C48H93N2O/c1-4-7-10-13-16-19-22-24-26-29-32-35-38-41-45-50(48(51)43-40-37-34-31-27-21-18-15-12-9-6-3)46-44-49-47(50)42-39-36-33-30-28-25-23-20-17-14-11-8-5-2/h44,46H,4-43,45H2,1-3H3/q+1. The molecule has 0 saturated heterocycles. The van der Waals surface area contributed by atoms with Crippen LogP contribution >= 0.6 is 0 Å². The van der Waals surface area contributed by atoms with Gasteiger partial charge >= 0.3 is 5.91 Å². The Labute approximate surface area is 321 Å². The average molecular weight is 714 g/mol. The molecule has 0 saturated carbocycles. The summed E-state index contributed by atoms with van der Waals surface area (Å²) >= 11 is 0. The summed E-state index contributed by atoms with van der Waals surface area (Å²) in [6.45, 7) is 7.83. The van der Waals surface area contributed by atoms with Gasteiger partial charge in [-0.05, 0) is 25.7 Å². The number of carbonyl (C=O) groups is 1. The van der Waals surface area contributed by atoms with Crippen molar-refractivity contribution in [1.29, 1.82) is 0 Å². The number of carbonyl (C=O) groups excluding carboxylic acids is 1. The zero-order valence-electron chi connectivity index (χ0n) is 35.4. The summed E-state index contributed by atoms with van der Waals surface area (Å²) < 4.78 is 0.453. The van der Waals surface area contributed by atoms with Gasteiger partial charge in [0.05, 0.1) is 19.2 Å². The maximum atomic E-state index is 14.0. The van der Waals surface area contributed by atoms with Crippen LogP contribution in [0.4, 0.5) is 0 Å². The Morgan fingerprint density at radius 1 is 0.412 bits per heavy atom. The first kappa shape index (κ1) is 48.1. The molecule has 1 aliphatic rings. The second-order valence-corrected chi connectivity index (χ2v) is 16.7. The molecule has 0 aromatic rings. The van der Waals surface area contributed by atoms with Crippen LogP contribution in [0.25, 0.3) is 0 Å². The van der Waals surface area contributed by atoms with Gasteiger partial charge < -0.3 is 0 Å². The number of unbranched alkanes of at least 4 members (excludes halogenated alkanes) is 35. The second kappa shape index (κ2) is 37.4. The minimum absolute atomic E-state index is 0.419. The molecule has 0 radical (unpaired) electrons. The fourth-order valence-corrected chi connectivity index (χ4v) is 8.24. The second-order valence-electron chi connectivity index (χ2n) is 16.7. The maximum Gasteiger partial charge on any atom is 0.324 e. The first-order valence-corrected chi connectivity index (χ1v) is 23.9. The quantitative estimate of drug-likeness (QED) is 0.0458. The van der Waals surface area contributed by atoms with E-state index >= 15 is 0 Å². The smallest absolute Gasteiger partial charge is 0.230 e. The molecule has 51 heavy (non-hydrogen) atoms. The van der Waals surface area contributed by atoms with Crippen LogP contribution in [0, 0.1) is 0 Å². The van der Waals surface area contributed by atoms with Crippen LogP contribution in [-0.2, 0) is 4.79 Å². The maximum absolute atomic E-state index is 14.0. The van der Waals surface area contributed by atoms with Gasteiger partial charge in [-0.1, -0.05) is 239 Å². The van der Waals surface area contributed by atoms with Gasteiger partial charge in [0.1, 0.15) is 6.20 Å². The van der Waals surface area contributed by atoms with E-state index in [1.54, 1.807) is 0 Å². The summed E-state index contributed by atoms with van der Waals surface area (Å²) in [7, 11) is 0. The summed E-state index contributed by atoms with van der Waals surface area (Å²) in [6, 6.07) is 0. The largest absolute Gasteiger partial charge is 0.324 e. The third-order valence-electron chi connectivity index (χ3n) is 11.8. The van der Waals surface area contributed by atoms with Crippen LogP contribution in [0.1, 0.15) is 278 Å². The van der Waals surface area contributed by atoms with Crippen molar-refractivity contribution in [3.8, 4) is 0 Å². The van der Waals surface area contributed by atoms with Crippen molar-refractivity contribution in [2.45, 2.75) is 278 Å². The number of quaternary nitrogens is 1. The lowest BCUT2D eigenvalue weighted by Gasteiger charge is -2.30. The first-order valence-electron chi connectivity index (χ1n) is 23.9. The lowest BCUT2D eigenvalue weighted by atomic mass is 10.0. The Morgan fingerprint density at radius 3 is 1.06 bits per heavy atom. The summed E-state index contributed by atoms with van der Waals surface area (Å²) in [5.74, 6) is 1.57. The van der Waals surface area contributed by atoms with Gasteiger partial charge in [-0.25, -0.2) is 9.79 Å².